The fraction of sp³-hybridized carbons (Fsp3) is 0.400. The molecule has 0 spiro atoms. The summed E-state index contributed by atoms with van der Waals surface area (Å²) in [5, 5.41) is 2.83. The van der Waals surface area contributed by atoms with Crippen LogP contribution in [-0.2, 0) is 13.3 Å². The van der Waals surface area contributed by atoms with Crippen LogP contribution in [0.1, 0.15) is 27.2 Å². The first-order chi connectivity index (χ1) is 12.2. The first-order valence-electron chi connectivity index (χ1n) is 8.91. The van der Waals surface area contributed by atoms with Gasteiger partial charge in [-0.1, -0.05) is 60.7 Å². The molecule has 25 heavy (non-hydrogen) atoms. The van der Waals surface area contributed by atoms with Crippen molar-refractivity contribution in [2.45, 2.75) is 33.3 Å². The maximum atomic E-state index is 6.02. The molecule has 0 fully saturated rings. The summed E-state index contributed by atoms with van der Waals surface area (Å²) in [6.07, 6.45) is 2.21. The quantitative estimate of drug-likeness (QED) is 0.439. The van der Waals surface area contributed by atoms with E-state index in [0.717, 1.165) is 12.6 Å². The van der Waals surface area contributed by atoms with Gasteiger partial charge in [0, 0.05) is 19.3 Å². The average molecular weight is 376 g/mol. The second-order valence-corrected chi connectivity index (χ2v) is 9.31. The van der Waals surface area contributed by atoms with Crippen molar-refractivity contribution < 1.29 is 13.3 Å². The highest BCUT2D eigenvalue weighted by molar-refractivity contribution is 7.73. The highest BCUT2D eigenvalue weighted by Crippen LogP contribution is 2.34. The molecule has 3 nitrogen and oxygen atoms in total. The number of hydrogen-bond donors (Lipinski definition) is 0. The molecule has 0 saturated carbocycles. The summed E-state index contributed by atoms with van der Waals surface area (Å²) < 4.78 is 17.2. The van der Waals surface area contributed by atoms with Crippen molar-refractivity contribution in [3.63, 3.8) is 0 Å². The van der Waals surface area contributed by atoms with Crippen molar-refractivity contribution >= 4 is 28.1 Å². The van der Waals surface area contributed by atoms with Crippen molar-refractivity contribution in [1.82, 2.24) is 0 Å². The van der Waals surface area contributed by atoms with Crippen LogP contribution in [0.25, 0.3) is 0 Å². The van der Waals surface area contributed by atoms with Crippen LogP contribution < -0.4 is 10.6 Å². The molecular formula is C20H28O3PSi. The molecule has 0 aliphatic carbocycles. The summed E-state index contributed by atoms with van der Waals surface area (Å²) in [5.41, 5.74) is 0. The Morgan fingerprint density at radius 2 is 1.32 bits per heavy atom. The van der Waals surface area contributed by atoms with Gasteiger partial charge in [0.25, 0.3) is 0 Å². The molecule has 0 amide bonds. The summed E-state index contributed by atoms with van der Waals surface area (Å²) in [6.45, 7) is 7.32. The Labute approximate surface area is 155 Å². The predicted octanol–water partition coefficient (Wildman–Crippen LogP) is 3.97. The van der Waals surface area contributed by atoms with Gasteiger partial charge in [-0.2, -0.15) is 0 Å². The lowest BCUT2D eigenvalue weighted by atomic mass is 10.3. The Bertz CT molecular complexity index is 537. The molecule has 0 N–H and O–H groups in total. The number of hydrogen-bond acceptors (Lipinski definition) is 3. The Kier molecular flexibility index (Phi) is 9.38. The van der Waals surface area contributed by atoms with E-state index in [0.29, 0.717) is 13.2 Å². The van der Waals surface area contributed by atoms with Gasteiger partial charge in [-0.25, -0.2) is 0 Å². The molecule has 0 aliphatic heterocycles. The fourth-order valence-electron chi connectivity index (χ4n) is 2.50. The molecule has 1 radical (unpaired) electrons. The first kappa shape index (κ1) is 20.3. The Morgan fingerprint density at radius 1 is 0.840 bits per heavy atom. The summed E-state index contributed by atoms with van der Waals surface area (Å²) in [4.78, 5) is 0. The summed E-state index contributed by atoms with van der Waals surface area (Å²) in [7, 11) is -1.99. The highest BCUT2D eigenvalue weighted by Gasteiger charge is 2.22. The van der Waals surface area contributed by atoms with Gasteiger partial charge in [-0.15, -0.1) is 0 Å². The average Bonchev–Trinajstić information content (AvgIpc) is 2.64. The number of rotatable bonds is 11. The Balaban J connectivity index is 2.00. The monoisotopic (exact) mass is 375 g/mol. The van der Waals surface area contributed by atoms with E-state index in [9.17, 15) is 0 Å². The van der Waals surface area contributed by atoms with Gasteiger partial charge in [-0.3, -0.25) is 0 Å². The topological polar surface area (TPSA) is 27.7 Å². The van der Waals surface area contributed by atoms with Crippen molar-refractivity contribution in [1.29, 1.82) is 0 Å². The van der Waals surface area contributed by atoms with Gasteiger partial charge in [-0.05, 0) is 51.9 Å². The molecule has 2 aromatic carbocycles. The molecule has 2 aromatic rings. The van der Waals surface area contributed by atoms with Crippen molar-refractivity contribution in [3.05, 3.63) is 60.7 Å². The molecule has 5 heteroatoms. The fourth-order valence-corrected chi connectivity index (χ4v) is 6.14. The van der Waals surface area contributed by atoms with E-state index < -0.39 is 9.53 Å². The van der Waals surface area contributed by atoms with Crippen LogP contribution >= 0.6 is 7.92 Å². The number of benzene rings is 2. The van der Waals surface area contributed by atoms with Crippen LogP contribution in [0.5, 0.6) is 0 Å². The molecule has 1 atom stereocenters. The van der Waals surface area contributed by atoms with Crippen molar-refractivity contribution in [3.8, 4) is 0 Å². The maximum Gasteiger partial charge on any atom is 0.577 e. The SMILES string of the molecule is CCO[Si](OCC)OC(C)CCP(c1ccccc1)c1ccccc1. The lowest BCUT2D eigenvalue weighted by Gasteiger charge is -2.22. The summed E-state index contributed by atoms with van der Waals surface area (Å²) in [6, 6.07) is 21.6. The zero-order chi connectivity index (χ0) is 17.9. The van der Waals surface area contributed by atoms with E-state index in [1.54, 1.807) is 0 Å². The van der Waals surface area contributed by atoms with Gasteiger partial charge in [0.15, 0.2) is 0 Å². The van der Waals surface area contributed by atoms with E-state index in [2.05, 4.69) is 67.6 Å². The molecule has 1 unspecified atom stereocenters. The minimum absolute atomic E-state index is 0.129. The minimum Gasteiger partial charge on any atom is -0.371 e. The van der Waals surface area contributed by atoms with E-state index in [4.69, 9.17) is 13.3 Å². The predicted molar refractivity (Wildman–Crippen MR) is 108 cm³/mol. The van der Waals surface area contributed by atoms with Gasteiger partial charge < -0.3 is 13.3 Å². The highest BCUT2D eigenvalue weighted by atomic mass is 31.1. The third kappa shape index (κ3) is 7.00. The standard InChI is InChI=1S/C20H28O3PSi/c1-4-21-25(22-5-2)23-18(3)16-17-24(19-12-8-6-9-13-19)20-14-10-7-11-15-20/h6-15,18H,4-5,16-17H2,1-3H3. The van der Waals surface area contributed by atoms with Gasteiger partial charge >= 0.3 is 9.53 Å². The Morgan fingerprint density at radius 3 is 1.76 bits per heavy atom. The molecule has 135 valence electrons. The Hall–Kier alpha value is -1.03. The lowest BCUT2D eigenvalue weighted by Crippen LogP contribution is -2.32. The third-order valence-corrected chi connectivity index (χ3v) is 7.91. The van der Waals surface area contributed by atoms with E-state index in [1.165, 1.54) is 10.6 Å². The maximum absolute atomic E-state index is 6.02. The largest absolute Gasteiger partial charge is 0.577 e. The van der Waals surface area contributed by atoms with Crippen LogP contribution in [-0.4, -0.2) is 35.0 Å². The van der Waals surface area contributed by atoms with Gasteiger partial charge in [0.1, 0.15) is 0 Å². The second-order valence-electron chi connectivity index (χ2n) is 5.66. The molecule has 0 aliphatic rings. The normalized spacial score (nSPS) is 12.7. The van der Waals surface area contributed by atoms with Crippen LogP contribution in [0.15, 0.2) is 60.7 Å². The summed E-state index contributed by atoms with van der Waals surface area (Å²) >= 11 is 0. The first-order valence-corrected chi connectivity index (χ1v) is 11.7. The van der Waals surface area contributed by atoms with E-state index >= 15 is 0 Å². The molecule has 0 aromatic heterocycles. The van der Waals surface area contributed by atoms with Crippen LogP contribution in [0.2, 0.25) is 0 Å². The molecule has 2 rings (SSSR count). The van der Waals surface area contributed by atoms with Crippen LogP contribution in [0.4, 0.5) is 0 Å². The molecule has 0 heterocycles. The van der Waals surface area contributed by atoms with Gasteiger partial charge in [0.05, 0.1) is 0 Å². The van der Waals surface area contributed by atoms with E-state index in [1.807, 2.05) is 13.8 Å². The van der Waals surface area contributed by atoms with Crippen LogP contribution in [0, 0.1) is 0 Å². The zero-order valence-electron chi connectivity index (χ0n) is 15.4. The lowest BCUT2D eigenvalue weighted by molar-refractivity contribution is 0.0692. The third-order valence-electron chi connectivity index (χ3n) is 3.72. The van der Waals surface area contributed by atoms with Crippen LogP contribution in [0.3, 0.4) is 0 Å². The zero-order valence-corrected chi connectivity index (χ0v) is 17.2. The molecule has 0 saturated heterocycles. The van der Waals surface area contributed by atoms with E-state index in [-0.39, 0.29) is 14.0 Å². The molecular weight excluding hydrogens is 347 g/mol. The second kappa shape index (κ2) is 11.6. The van der Waals surface area contributed by atoms with Crippen molar-refractivity contribution in [2.24, 2.45) is 0 Å². The summed E-state index contributed by atoms with van der Waals surface area (Å²) in [5.74, 6) is 0. The van der Waals surface area contributed by atoms with Gasteiger partial charge in [0.2, 0.25) is 0 Å². The smallest absolute Gasteiger partial charge is 0.371 e. The molecule has 0 bridgehead atoms. The van der Waals surface area contributed by atoms with Crippen molar-refractivity contribution in [2.75, 3.05) is 19.4 Å². The minimum atomic E-state index is -1.61.